The maximum atomic E-state index is 5.81. The lowest BCUT2D eigenvalue weighted by Crippen LogP contribution is -2.09. The molecular formula is C11H15N5OS. The van der Waals surface area contributed by atoms with E-state index in [2.05, 4.69) is 15.2 Å². The second-order valence-electron chi connectivity index (χ2n) is 4.04. The van der Waals surface area contributed by atoms with Gasteiger partial charge in [0.15, 0.2) is 5.16 Å². The molecule has 96 valence electrons. The van der Waals surface area contributed by atoms with Crippen molar-refractivity contribution in [2.75, 3.05) is 5.73 Å². The van der Waals surface area contributed by atoms with Gasteiger partial charge in [-0.3, -0.25) is 0 Å². The summed E-state index contributed by atoms with van der Waals surface area (Å²) in [5, 5.41) is 9.34. The summed E-state index contributed by atoms with van der Waals surface area (Å²) in [5.74, 6) is 0.456. The minimum absolute atomic E-state index is 0.0369. The van der Waals surface area contributed by atoms with Gasteiger partial charge in [0.2, 0.25) is 5.88 Å². The molecule has 0 fully saturated rings. The molecule has 2 aromatic heterocycles. The minimum Gasteiger partial charge on any atom is -0.473 e. The molecule has 0 aliphatic heterocycles. The van der Waals surface area contributed by atoms with E-state index in [-0.39, 0.29) is 6.10 Å². The van der Waals surface area contributed by atoms with Gasteiger partial charge in [-0.05, 0) is 37.7 Å². The molecule has 2 N–H and O–H groups in total. The van der Waals surface area contributed by atoms with Crippen LogP contribution in [0.25, 0.3) is 0 Å². The van der Waals surface area contributed by atoms with Crippen LogP contribution in [-0.2, 0) is 7.05 Å². The topological polar surface area (TPSA) is 78.9 Å². The van der Waals surface area contributed by atoms with E-state index in [1.54, 1.807) is 12.4 Å². The van der Waals surface area contributed by atoms with Crippen molar-refractivity contribution in [1.82, 2.24) is 19.7 Å². The molecule has 2 heterocycles. The largest absolute Gasteiger partial charge is 0.473 e. The zero-order valence-electron chi connectivity index (χ0n) is 10.5. The van der Waals surface area contributed by atoms with Gasteiger partial charge in [0.25, 0.3) is 0 Å². The SMILES string of the molecule is CC(C)Oc1nc(Sc2nncn2C)ccc1N. The van der Waals surface area contributed by atoms with Crippen molar-refractivity contribution in [1.29, 1.82) is 0 Å². The van der Waals surface area contributed by atoms with Crippen LogP contribution in [0.2, 0.25) is 0 Å². The molecule has 0 saturated heterocycles. The fraction of sp³-hybridized carbons (Fsp3) is 0.364. The molecule has 0 saturated carbocycles. The van der Waals surface area contributed by atoms with Crippen molar-refractivity contribution >= 4 is 17.4 Å². The maximum absolute atomic E-state index is 5.81. The monoisotopic (exact) mass is 265 g/mol. The van der Waals surface area contributed by atoms with Crippen LogP contribution < -0.4 is 10.5 Å². The van der Waals surface area contributed by atoms with Crippen LogP contribution in [-0.4, -0.2) is 25.9 Å². The highest BCUT2D eigenvalue weighted by Gasteiger charge is 2.09. The summed E-state index contributed by atoms with van der Waals surface area (Å²) in [6, 6.07) is 3.62. The number of hydrogen-bond donors (Lipinski definition) is 1. The summed E-state index contributed by atoms with van der Waals surface area (Å²) >= 11 is 1.41. The summed E-state index contributed by atoms with van der Waals surface area (Å²) < 4.78 is 7.37. The van der Waals surface area contributed by atoms with Crippen LogP contribution in [0.1, 0.15) is 13.8 Å². The van der Waals surface area contributed by atoms with Crippen LogP contribution in [0.4, 0.5) is 5.69 Å². The van der Waals surface area contributed by atoms with Crippen LogP contribution >= 0.6 is 11.8 Å². The Morgan fingerprint density at radius 3 is 2.78 bits per heavy atom. The second kappa shape index (κ2) is 5.26. The molecule has 0 unspecified atom stereocenters. The molecule has 2 aromatic rings. The van der Waals surface area contributed by atoms with Gasteiger partial charge in [-0.15, -0.1) is 10.2 Å². The number of anilines is 1. The standard InChI is InChI=1S/C11H15N5OS/c1-7(2)17-10-8(12)4-5-9(14-10)18-11-15-13-6-16(11)3/h4-7H,12H2,1-3H3. The Labute approximate surface area is 110 Å². The predicted molar refractivity (Wildman–Crippen MR) is 69.5 cm³/mol. The van der Waals surface area contributed by atoms with Gasteiger partial charge in [-0.1, -0.05) is 0 Å². The van der Waals surface area contributed by atoms with Crippen molar-refractivity contribution in [3.05, 3.63) is 18.5 Å². The molecule has 0 spiro atoms. The Balaban J connectivity index is 2.22. The Bertz CT molecular complexity index is 540. The highest BCUT2D eigenvalue weighted by atomic mass is 32.2. The van der Waals surface area contributed by atoms with Gasteiger partial charge in [-0.2, -0.15) is 0 Å². The lowest BCUT2D eigenvalue weighted by atomic mass is 10.4. The molecule has 2 rings (SSSR count). The Morgan fingerprint density at radius 1 is 1.39 bits per heavy atom. The first-order valence-electron chi connectivity index (χ1n) is 5.51. The predicted octanol–water partition coefficient (Wildman–Crippen LogP) is 1.73. The third kappa shape index (κ3) is 2.92. The van der Waals surface area contributed by atoms with Crippen LogP contribution in [0.3, 0.4) is 0 Å². The zero-order chi connectivity index (χ0) is 13.1. The normalized spacial score (nSPS) is 10.9. The average molecular weight is 265 g/mol. The summed E-state index contributed by atoms with van der Waals surface area (Å²) in [7, 11) is 1.88. The first kappa shape index (κ1) is 12.7. The van der Waals surface area contributed by atoms with Crippen molar-refractivity contribution < 1.29 is 4.74 Å². The number of pyridine rings is 1. The average Bonchev–Trinajstić information content (AvgIpc) is 2.69. The highest BCUT2D eigenvalue weighted by molar-refractivity contribution is 7.99. The number of nitrogens with zero attached hydrogens (tertiary/aromatic N) is 4. The van der Waals surface area contributed by atoms with Crippen LogP contribution in [0.5, 0.6) is 5.88 Å². The molecule has 0 bridgehead atoms. The van der Waals surface area contributed by atoms with E-state index in [0.717, 1.165) is 10.2 Å². The number of aromatic nitrogens is 4. The number of nitrogens with two attached hydrogens (primary N) is 1. The fourth-order valence-electron chi connectivity index (χ4n) is 1.27. The molecule has 0 radical (unpaired) electrons. The lowest BCUT2D eigenvalue weighted by Gasteiger charge is -2.11. The Morgan fingerprint density at radius 2 is 2.17 bits per heavy atom. The number of rotatable bonds is 4. The zero-order valence-corrected chi connectivity index (χ0v) is 11.3. The van der Waals surface area contributed by atoms with Gasteiger partial charge in [0.05, 0.1) is 11.8 Å². The Hall–Kier alpha value is -1.76. The Kier molecular flexibility index (Phi) is 3.71. The van der Waals surface area contributed by atoms with Crippen molar-refractivity contribution in [2.45, 2.75) is 30.1 Å². The molecular weight excluding hydrogens is 250 g/mol. The third-order valence-electron chi connectivity index (χ3n) is 2.08. The molecule has 0 aliphatic rings. The number of nitrogen functional groups attached to an aromatic ring is 1. The number of ether oxygens (including phenoxy) is 1. The van der Waals surface area contributed by atoms with E-state index in [9.17, 15) is 0 Å². The summed E-state index contributed by atoms with van der Waals surface area (Å²) in [4.78, 5) is 4.36. The maximum Gasteiger partial charge on any atom is 0.238 e. The first-order valence-corrected chi connectivity index (χ1v) is 6.33. The molecule has 0 aromatic carbocycles. The third-order valence-corrected chi connectivity index (χ3v) is 3.07. The number of aryl methyl sites for hydroxylation is 1. The van der Waals surface area contributed by atoms with Gasteiger partial charge >= 0.3 is 0 Å². The summed E-state index contributed by atoms with van der Waals surface area (Å²) in [6.45, 7) is 3.87. The quantitative estimate of drug-likeness (QED) is 0.907. The first-order chi connectivity index (χ1) is 8.56. The van der Waals surface area contributed by atoms with Crippen molar-refractivity contribution in [3.8, 4) is 5.88 Å². The fourth-order valence-corrected chi connectivity index (χ4v) is 2.00. The van der Waals surface area contributed by atoms with Gasteiger partial charge in [0, 0.05) is 7.05 Å². The minimum atomic E-state index is 0.0369. The van der Waals surface area contributed by atoms with Crippen LogP contribution in [0, 0.1) is 0 Å². The number of hydrogen-bond acceptors (Lipinski definition) is 6. The van der Waals surface area contributed by atoms with E-state index < -0.39 is 0 Å². The van der Waals surface area contributed by atoms with Crippen molar-refractivity contribution in [2.24, 2.45) is 7.05 Å². The molecule has 6 nitrogen and oxygen atoms in total. The van der Waals surface area contributed by atoms with E-state index in [0.29, 0.717) is 11.6 Å². The highest BCUT2D eigenvalue weighted by Crippen LogP contribution is 2.28. The smallest absolute Gasteiger partial charge is 0.238 e. The van der Waals surface area contributed by atoms with E-state index >= 15 is 0 Å². The van der Waals surface area contributed by atoms with E-state index in [1.807, 2.05) is 31.5 Å². The summed E-state index contributed by atoms with van der Waals surface area (Å²) in [5.41, 5.74) is 6.34. The van der Waals surface area contributed by atoms with Crippen LogP contribution in [0.15, 0.2) is 28.6 Å². The van der Waals surface area contributed by atoms with Gasteiger partial charge in [-0.25, -0.2) is 4.98 Å². The second-order valence-corrected chi connectivity index (χ2v) is 5.02. The molecule has 7 heteroatoms. The van der Waals surface area contributed by atoms with E-state index in [4.69, 9.17) is 10.5 Å². The summed E-state index contributed by atoms with van der Waals surface area (Å²) in [6.07, 6.45) is 1.68. The lowest BCUT2D eigenvalue weighted by molar-refractivity contribution is 0.232. The molecule has 18 heavy (non-hydrogen) atoms. The molecule has 0 atom stereocenters. The molecule has 0 amide bonds. The molecule has 0 aliphatic carbocycles. The van der Waals surface area contributed by atoms with Gasteiger partial charge < -0.3 is 15.0 Å². The van der Waals surface area contributed by atoms with Gasteiger partial charge in [0.1, 0.15) is 11.4 Å². The van der Waals surface area contributed by atoms with E-state index in [1.165, 1.54) is 11.8 Å². The van der Waals surface area contributed by atoms with Crippen molar-refractivity contribution in [3.63, 3.8) is 0 Å².